The molecular formula is C14H14ClNO2. The third-order valence-corrected chi connectivity index (χ3v) is 4.29. The van der Waals surface area contributed by atoms with Crippen molar-refractivity contribution >= 4 is 28.5 Å². The molecule has 0 aliphatic heterocycles. The molecule has 0 radical (unpaired) electrons. The third kappa shape index (κ3) is 1.47. The Morgan fingerprint density at radius 2 is 2.11 bits per heavy atom. The summed E-state index contributed by atoms with van der Waals surface area (Å²) >= 11 is 6.28. The summed E-state index contributed by atoms with van der Waals surface area (Å²) in [6.45, 7) is 1.98. The highest BCUT2D eigenvalue weighted by atomic mass is 35.5. The number of carbonyl (C=O) groups is 1. The molecule has 2 N–H and O–H groups in total. The zero-order chi connectivity index (χ0) is 12.9. The number of nitrogens with one attached hydrogen (secondary N) is 1. The van der Waals surface area contributed by atoms with E-state index in [9.17, 15) is 9.90 Å². The predicted molar refractivity (Wildman–Crippen MR) is 71.2 cm³/mol. The highest BCUT2D eigenvalue weighted by Gasteiger charge is 2.47. The lowest BCUT2D eigenvalue weighted by atomic mass is 9.64. The molecule has 4 heteroatoms. The van der Waals surface area contributed by atoms with Gasteiger partial charge in [-0.1, -0.05) is 18.0 Å². The molecule has 0 bridgehead atoms. The van der Waals surface area contributed by atoms with E-state index in [1.54, 1.807) is 0 Å². The van der Waals surface area contributed by atoms with E-state index in [-0.39, 0.29) is 0 Å². The van der Waals surface area contributed by atoms with Gasteiger partial charge in [0.15, 0.2) is 0 Å². The molecule has 94 valence electrons. The number of carboxylic acid groups (broad SMARTS) is 1. The van der Waals surface area contributed by atoms with Gasteiger partial charge in [0.2, 0.25) is 0 Å². The largest absolute Gasteiger partial charge is 0.481 e. The number of aromatic nitrogens is 1. The molecule has 3 nitrogen and oxygen atoms in total. The van der Waals surface area contributed by atoms with Gasteiger partial charge in [-0.2, -0.15) is 0 Å². The van der Waals surface area contributed by atoms with Gasteiger partial charge in [-0.25, -0.2) is 0 Å². The van der Waals surface area contributed by atoms with Gasteiger partial charge in [0.25, 0.3) is 0 Å². The molecule has 0 amide bonds. The first-order valence-corrected chi connectivity index (χ1v) is 6.43. The van der Waals surface area contributed by atoms with E-state index >= 15 is 0 Å². The smallest absolute Gasteiger partial charge is 0.314 e. The SMILES string of the molecule is Cc1cc2cc(Cl)c(C3(C(=O)O)CCC3)cc2[nH]1. The first-order chi connectivity index (χ1) is 8.53. The van der Waals surface area contributed by atoms with Gasteiger partial charge < -0.3 is 10.1 Å². The fraction of sp³-hybridized carbons (Fsp3) is 0.357. The number of hydrogen-bond acceptors (Lipinski definition) is 1. The average Bonchev–Trinajstić information content (AvgIpc) is 2.55. The number of halogens is 1. The van der Waals surface area contributed by atoms with E-state index in [0.717, 1.165) is 28.6 Å². The maximum Gasteiger partial charge on any atom is 0.314 e. The minimum Gasteiger partial charge on any atom is -0.481 e. The number of H-pyrrole nitrogens is 1. The topological polar surface area (TPSA) is 53.1 Å². The molecule has 0 atom stereocenters. The number of aryl methyl sites for hydroxylation is 1. The van der Waals surface area contributed by atoms with Crippen LogP contribution in [0.5, 0.6) is 0 Å². The first-order valence-electron chi connectivity index (χ1n) is 6.06. The van der Waals surface area contributed by atoms with E-state index in [1.807, 2.05) is 25.1 Å². The highest BCUT2D eigenvalue weighted by molar-refractivity contribution is 6.32. The molecule has 2 aromatic rings. The predicted octanol–water partition coefficient (Wildman–Crippen LogP) is 3.64. The van der Waals surface area contributed by atoms with Crippen LogP contribution in [0.15, 0.2) is 18.2 Å². The lowest BCUT2D eigenvalue weighted by molar-refractivity contribution is -0.147. The number of fused-ring (bicyclic) bond motifs is 1. The number of aliphatic carboxylic acids is 1. The fourth-order valence-electron chi connectivity index (χ4n) is 2.79. The second-order valence-electron chi connectivity index (χ2n) is 5.11. The number of rotatable bonds is 2. The standard InChI is InChI=1S/C14H14ClNO2/c1-8-5-9-6-11(15)10(7-12(9)16-8)14(13(17)18)3-2-4-14/h5-7,16H,2-4H2,1H3,(H,17,18). The molecule has 1 aromatic carbocycles. The molecule has 1 saturated carbocycles. The zero-order valence-electron chi connectivity index (χ0n) is 10.1. The number of carboxylic acids is 1. The summed E-state index contributed by atoms with van der Waals surface area (Å²) in [4.78, 5) is 14.8. The molecule has 0 unspecified atom stereocenters. The van der Waals surface area contributed by atoms with E-state index in [0.29, 0.717) is 17.9 Å². The summed E-state index contributed by atoms with van der Waals surface area (Å²) in [7, 11) is 0. The molecular weight excluding hydrogens is 250 g/mol. The van der Waals surface area contributed by atoms with Gasteiger partial charge in [-0.15, -0.1) is 0 Å². The van der Waals surface area contributed by atoms with Crippen LogP contribution < -0.4 is 0 Å². The second-order valence-corrected chi connectivity index (χ2v) is 5.52. The Hall–Kier alpha value is -1.48. The molecule has 3 rings (SSSR count). The van der Waals surface area contributed by atoms with Gasteiger partial charge in [0, 0.05) is 21.6 Å². The van der Waals surface area contributed by atoms with Crippen LogP contribution in [-0.2, 0) is 10.2 Å². The maximum absolute atomic E-state index is 11.5. The van der Waals surface area contributed by atoms with E-state index in [2.05, 4.69) is 4.98 Å². The van der Waals surface area contributed by atoms with Crippen LogP contribution in [0.25, 0.3) is 10.9 Å². The van der Waals surface area contributed by atoms with Crippen molar-refractivity contribution in [1.82, 2.24) is 4.98 Å². The normalized spacial score (nSPS) is 17.7. The van der Waals surface area contributed by atoms with Crippen LogP contribution in [0, 0.1) is 6.92 Å². The molecule has 0 spiro atoms. The van der Waals surface area contributed by atoms with Crippen molar-refractivity contribution in [2.24, 2.45) is 0 Å². The van der Waals surface area contributed by atoms with Crippen LogP contribution in [0.4, 0.5) is 0 Å². The van der Waals surface area contributed by atoms with Gasteiger partial charge in [0.05, 0.1) is 5.41 Å². The minimum atomic E-state index is -0.774. The van der Waals surface area contributed by atoms with Crippen molar-refractivity contribution in [3.8, 4) is 0 Å². The van der Waals surface area contributed by atoms with Gasteiger partial charge in [-0.05, 0) is 43.5 Å². The summed E-state index contributed by atoms with van der Waals surface area (Å²) in [6, 6.07) is 5.77. The van der Waals surface area contributed by atoms with Gasteiger partial charge >= 0.3 is 5.97 Å². The van der Waals surface area contributed by atoms with Crippen LogP contribution in [0.2, 0.25) is 5.02 Å². The quantitative estimate of drug-likeness (QED) is 0.869. The van der Waals surface area contributed by atoms with Crippen LogP contribution in [-0.4, -0.2) is 16.1 Å². The molecule has 1 heterocycles. The Morgan fingerprint density at radius 1 is 1.39 bits per heavy atom. The van der Waals surface area contributed by atoms with Gasteiger partial charge in [-0.3, -0.25) is 4.79 Å². The third-order valence-electron chi connectivity index (χ3n) is 3.98. The second kappa shape index (κ2) is 3.75. The van der Waals surface area contributed by atoms with Crippen LogP contribution in [0.1, 0.15) is 30.5 Å². The first kappa shape index (κ1) is 11.6. The van der Waals surface area contributed by atoms with Crippen molar-refractivity contribution in [2.45, 2.75) is 31.6 Å². The molecule has 1 fully saturated rings. The number of aromatic amines is 1. The Balaban J connectivity index is 2.22. The summed E-state index contributed by atoms with van der Waals surface area (Å²) < 4.78 is 0. The van der Waals surface area contributed by atoms with E-state index in [1.165, 1.54) is 0 Å². The van der Waals surface area contributed by atoms with Crippen molar-refractivity contribution in [2.75, 3.05) is 0 Å². The average molecular weight is 264 g/mol. The molecule has 1 aromatic heterocycles. The number of hydrogen-bond donors (Lipinski definition) is 2. The van der Waals surface area contributed by atoms with Crippen molar-refractivity contribution in [1.29, 1.82) is 0 Å². The summed E-state index contributed by atoms with van der Waals surface area (Å²) in [5, 5.41) is 11.1. The zero-order valence-corrected chi connectivity index (χ0v) is 10.8. The lowest BCUT2D eigenvalue weighted by Crippen LogP contribution is -2.42. The number of benzene rings is 1. The molecule has 0 saturated heterocycles. The van der Waals surface area contributed by atoms with Crippen molar-refractivity contribution in [3.05, 3.63) is 34.5 Å². The summed E-state index contributed by atoms with van der Waals surface area (Å²) in [5.74, 6) is -0.765. The molecule has 18 heavy (non-hydrogen) atoms. The Kier molecular flexibility index (Phi) is 2.42. The van der Waals surface area contributed by atoms with E-state index < -0.39 is 11.4 Å². The molecule has 1 aliphatic rings. The van der Waals surface area contributed by atoms with E-state index in [4.69, 9.17) is 11.6 Å². The lowest BCUT2D eigenvalue weighted by Gasteiger charge is -2.38. The van der Waals surface area contributed by atoms with Crippen molar-refractivity contribution in [3.63, 3.8) is 0 Å². The summed E-state index contributed by atoms with van der Waals surface area (Å²) in [6.07, 6.45) is 2.30. The Labute approximate surface area is 110 Å². The summed E-state index contributed by atoms with van der Waals surface area (Å²) in [5.41, 5.74) is 1.98. The van der Waals surface area contributed by atoms with Gasteiger partial charge in [0.1, 0.15) is 0 Å². The minimum absolute atomic E-state index is 0.559. The monoisotopic (exact) mass is 263 g/mol. The van der Waals surface area contributed by atoms with Crippen LogP contribution in [0.3, 0.4) is 0 Å². The maximum atomic E-state index is 11.5. The van der Waals surface area contributed by atoms with Crippen LogP contribution >= 0.6 is 11.6 Å². The fourth-order valence-corrected chi connectivity index (χ4v) is 3.15. The molecule has 1 aliphatic carbocycles. The Bertz CT molecular complexity index is 641. The Morgan fingerprint density at radius 3 is 2.67 bits per heavy atom. The van der Waals surface area contributed by atoms with Crippen molar-refractivity contribution < 1.29 is 9.90 Å². The highest BCUT2D eigenvalue weighted by Crippen LogP contribution is 2.47.